The van der Waals surface area contributed by atoms with Crippen molar-refractivity contribution in [3.63, 3.8) is 0 Å². The van der Waals surface area contributed by atoms with E-state index in [-0.39, 0.29) is 0 Å². The summed E-state index contributed by atoms with van der Waals surface area (Å²) in [6.07, 6.45) is 1.39. The Balaban J connectivity index is 2.51. The highest BCUT2D eigenvalue weighted by atomic mass is 79.9. The zero-order valence-electron chi connectivity index (χ0n) is 8.36. The van der Waals surface area contributed by atoms with E-state index in [1.165, 1.54) is 6.33 Å². The maximum atomic E-state index is 11.2. The van der Waals surface area contributed by atoms with E-state index in [1.54, 1.807) is 0 Å². The van der Waals surface area contributed by atoms with Gasteiger partial charge in [0.1, 0.15) is 22.4 Å². The fourth-order valence-electron chi connectivity index (χ4n) is 0.934. The predicted molar refractivity (Wildman–Crippen MR) is 66.2 cm³/mol. The fourth-order valence-corrected chi connectivity index (χ4v) is 1.90. The Morgan fingerprint density at radius 1 is 1.60 bits per heavy atom. The molecular weight excluding hydrogens is 280 g/mol. The molecule has 84 valence electrons. The number of nitrogen functional groups attached to an aromatic ring is 1. The monoisotopic (exact) mass is 292 g/mol. The van der Waals surface area contributed by atoms with Crippen molar-refractivity contribution in [3.8, 4) is 0 Å². The molecule has 0 aromatic carbocycles. The molecule has 15 heavy (non-hydrogen) atoms. The van der Waals surface area contributed by atoms with Crippen LogP contribution >= 0.6 is 15.9 Å². The molecule has 0 aliphatic rings. The maximum Gasteiger partial charge on any atom is 0.145 e. The van der Waals surface area contributed by atoms with Gasteiger partial charge in [-0.3, -0.25) is 4.21 Å². The smallest absolute Gasteiger partial charge is 0.145 e. The zero-order chi connectivity index (χ0) is 11.3. The van der Waals surface area contributed by atoms with Gasteiger partial charge in [0.2, 0.25) is 0 Å². The first-order chi connectivity index (χ1) is 7.15. The number of hydrogen-bond donors (Lipinski definition) is 2. The van der Waals surface area contributed by atoms with Gasteiger partial charge in [0.25, 0.3) is 0 Å². The van der Waals surface area contributed by atoms with Crippen LogP contribution in [0.1, 0.15) is 6.92 Å². The summed E-state index contributed by atoms with van der Waals surface area (Å²) in [6, 6.07) is 0. The summed E-state index contributed by atoms with van der Waals surface area (Å²) in [5.41, 5.74) is 5.58. The number of nitrogens with two attached hydrogens (primary N) is 1. The quantitative estimate of drug-likeness (QED) is 0.846. The second-order valence-corrected chi connectivity index (χ2v) is 5.44. The number of nitrogens with one attached hydrogen (secondary N) is 1. The predicted octanol–water partition coefficient (Wildman–Crippen LogP) is 1.00. The standard InChI is InChI=1S/C8H13BrN4OS/c1-2-15(14)4-3-11-8-6(9)7(10)12-5-13-8/h5H,2-4H2,1H3,(H3,10,11,12,13). The Hall–Kier alpha value is -0.690. The molecule has 0 spiro atoms. The summed E-state index contributed by atoms with van der Waals surface area (Å²) in [7, 11) is -0.765. The first kappa shape index (κ1) is 12.4. The minimum absolute atomic E-state index is 0.393. The van der Waals surface area contributed by atoms with Gasteiger partial charge in [-0.2, -0.15) is 0 Å². The van der Waals surface area contributed by atoms with E-state index in [0.717, 1.165) is 0 Å². The van der Waals surface area contributed by atoms with Crippen LogP contribution in [-0.2, 0) is 10.8 Å². The molecule has 0 fully saturated rings. The Labute approximate surface area is 99.5 Å². The number of halogens is 1. The Kier molecular flexibility index (Phi) is 4.97. The average molecular weight is 293 g/mol. The first-order valence-corrected chi connectivity index (χ1v) is 6.78. The third-order valence-corrected chi connectivity index (χ3v) is 3.85. The molecule has 5 nitrogen and oxygen atoms in total. The van der Waals surface area contributed by atoms with Crippen LogP contribution in [0.25, 0.3) is 0 Å². The third kappa shape index (κ3) is 3.75. The van der Waals surface area contributed by atoms with Gasteiger partial charge in [-0.1, -0.05) is 6.92 Å². The SMILES string of the molecule is CCS(=O)CCNc1ncnc(N)c1Br. The molecule has 0 saturated carbocycles. The molecule has 1 unspecified atom stereocenters. The van der Waals surface area contributed by atoms with E-state index in [1.807, 2.05) is 6.92 Å². The molecule has 0 aliphatic heterocycles. The fraction of sp³-hybridized carbons (Fsp3) is 0.500. The molecule has 7 heteroatoms. The molecule has 1 aromatic rings. The summed E-state index contributed by atoms with van der Waals surface area (Å²) in [6.45, 7) is 2.50. The van der Waals surface area contributed by atoms with Crippen molar-refractivity contribution in [2.24, 2.45) is 0 Å². The molecule has 0 amide bonds. The van der Waals surface area contributed by atoms with Crippen molar-refractivity contribution in [2.45, 2.75) is 6.92 Å². The normalized spacial score (nSPS) is 12.4. The van der Waals surface area contributed by atoms with E-state index < -0.39 is 10.8 Å². The lowest BCUT2D eigenvalue weighted by molar-refractivity contribution is 0.684. The minimum Gasteiger partial charge on any atom is -0.383 e. The lowest BCUT2D eigenvalue weighted by Crippen LogP contribution is -2.13. The lowest BCUT2D eigenvalue weighted by Gasteiger charge is -2.07. The van der Waals surface area contributed by atoms with Crippen molar-refractivity contribution in [2.75, 3.05) is 29.1 Å². The number of aromatic nitrogens is 2. The van der Waals surface area contributed by atoms with Crippen LogP contribution in [0.5, 0.6) is 0 Å². The van der Waals surface area contributed by atoms with Crippen LogP contribution in [-0.4, -0.2) is 32.2 Å². The van der Waals surface area contributed by atoms with Crippen LogP contribution < -0.4 is 11.1 Å². The molecule has 1 atom stereocenters. The molecule has 1 heterocycles. The molecular formula is C8H13BrN4OS. The van der Waals surface area contributed by atoms with E-state index >= 15 is 0 Å². The number of hydrogen-bond acceptors (Lipinski definition) is 5. The highest BCUT2D eigenvalue weighted by Gasteiger charge is 2.05. The molecule has 0 bridgehead atoms. The van der Waals surface area contributed by atoms with Crippen molar-refractivity contribution in [1.82, 2.24) is 9.97 Å². The van der Waals surface area contributed by atoms with Gasteiger partial charge in [0.05, 0.1) is 0 Å². The van der Waals surface area contributed by atoms with Gasteiger partial charge in [-0.25, -0.2) is 9.97 Å². The van der Waals surface area contributed by atoms with E-state index in [9.17, 15) is 4.21 Å². The molecule has 0 radical (unpaired) electrons. The van der Waals surface area contributed by atoms with Crippen LogP contribution in [0.2, 0.25) is 0 Å². The van der Waals surface area contributed by atoms with Gasteiger partial charge in [-0.05, 0) is 15.9 Å². The Bertz CT molecular complexity index is 360. The largest absolute Gasteiger partial charge is 0.383 e. The van der Waals surface area contributed by atoms with Crippen LogP contribution in [0.4, 0.5) is 11.6 Å². The van der Waals surface area contributed by atoms with Crippen molar-refractivity contribution in [3.05, 3.63) is 10.8 Å². The van der Waals surface area contributed by atoms with Crippen LogP contribution in [0.15, 0.2) is 10.8 Å². The number of nitrogens with zero attached hydrogens (tertiary/aromatic N) is 2. The van der Waals surface area contributed by atoms with E-state index in [0.29, 0.717) is 34.2 Å². The summed E-state index contributed by atoms with van der Waals surface area (Å²) in [5, 5.41) is 3.05. The summed E-state index contributed by atoms with van der Waals surface area (Å²) in [5.74, 6) is 2.31. The van der Waals surface area contributed by atoms with Gasteiger partial charge in [-0.15, -0.1) is 0 Å². The van der Waals surface area contributed by atoms with Gasteiger partial charge < -0.3 is 11.1 Å². The summed E-state index contributed by atoms with van der Waals surface area (Å²) >= 11 is 3.28. The maximum absolute atomic E-state index is 11.2. The summed E-state index contributed by atoms with van der Waals surface area (Å²) in [4.78, 5) is 7.83. The third-order valence-electron chi connectivity index (χ3n) is 1.76. The molecule has 1 rings (SSSR count). The van der Waals surface area contributed by atoms with E-state index in [4.69, 9.17) is 5.73 Å². The van der Waals surface area contributed by atoms with Gasteiger partial charge in [0, 0.05) is 28.9 Å². The first-order valence-electron chi connectivity index (χ1n) is 4.50. The number of anilines is 2. The van der Waals surface area contributed by atoms with Gasteiger partial charge in [0.15, 0.2) is 0 Å². The van der Waals surface area contributed by atoms with Gasteiger partial charge >= 0.3 is 0 Å². The molecule has 0 saturated heterocycles. The molecule has 0 aliphatic carbocycles. The van der Waals surface area contributed by atoms with Crippen molar-refractivity contribution < 1.29 is 4.21 Å². The Morgan fingerprint density at radius 3 is 3.00 bits per heavy atom. The number of rotatable bonds is 5. The zero-order valence-corrected chi connectivity index (χ0v) is 10.8. The van der Waals surface area contributed by atoms with Crippen molar-refractivity contribution in [1.29, 1.82) is 0 Å². The second-order valence-electron chi connectivity index (χ2n) is 2.78. The van der Waals surface area contributed by atoms with Crippen LogP contribution in [0, 0.1) is 0 Å². The average Bonchev–Trinajstić information content (AvgIpc) is 2.24. The van der Waals surface area contributed by atoms with E-state index in [2.05, 4.69) is 31.2 Å². The Morgan fingerprint density at radius 2 is 2.33 bits per heavy atom. The second kappa shape index (κ2) is 6.02. The molecule has 1 aromatic heterocycles. The summed E-state index contributed by atoms with van der Waals surface area (Å²) < 4.78 is 11.8. The van der Waals surface area contributed by atoms with Crippen LogP contribution in [0.3, 0.4) is 0 Å². The van der Waals surface area contributed by atoms with Crippen molar-refractivity contribution >= 4 is 38.4 Å². The molecule has 3 N–H and O–H groups in total. The topological polar surface area (TPSA) is 80.9 Å². The minimum atomic E-state index is -0.765. The highest BCUT2D eigenvalue weighted by molar-refractivity contribution is 9.10. The highest BCUT2D eigenvalue weighted by Crippen LogP contribution is 2.23. The lowest BCUT2D eigenvalue weighted by atomic mass is 10.5.